The molecule has 0 saturated carbocycles. The van der Waals surface area contributed by atoms with Crippen LogP contribution in [0.25, 0.3) is 0 Å². The first-order valence-electron chi connectivity index (χ1n) is 6.93. The van der Waals surface area contributed by atoms with Gasteiger partial charge in [0.05, 0.1) is 0 Å². The summed E-state index contributed by atoms with van der Waals surface area (Å²) in [6.45, 7) is 1.84. The van der Waals surface area contributed by atoms with Crippen molar-refractivity contribution >= 4 is 17.7 Å². The number of hydrogen-bond donors (Lipinski definition) is 2. The monoisotopic (exact) mass is 298 g/mol. The molecule has 0 unspecified atom stereocenters. The van der Waals surface area contributed by atoms with Crippen LogP contribution < -0.4 is 5.32 Å². The first kappa shape index (κ1) is 15.6. The molecule has 0 heterocycles. The average Bonchev–Trinajstić information content (AvgIpc) is 2.49. The topological polar surface area (TPSA) is 69.6 Å². The van der Waals surface area contributed by atoms with Crippen LogP contribution >= 0.6 is 0 Å². The van der Waals surface area contributed by atoms with Crippen molar-refractivity contribution in [2.75, 3.05) is 11.9 Å². The second-order valence-electron chi connectivity index (χ2n) is 5.03. The Morgan fingerprint density at radius 2 is 1.68 bits per heavy atom. The summed E-state index contributed by atoms with van der Waals surface area (Å²) in [6.07, 6.45) is 0. The molecule has 0 radical (unpaired) electrons. The predicted molar refractivity (Wildman–Crippen MR) is 84.7 cm³/mol. The maximum Gasteiger partial charge on any atom is 0.323 e. The van der Waals surface area contributed by atoms with Gasteiger partial charge in [-0.15, -0.1) is 0 Å². The van der Waals surface area contributed by atoms with Gasteiger partial charge in [0.1, 0.15) is 6.54 Å². The smallest absolute Gasteiger partial charge is 0.323 e. The van der Waals surface area contributed by atoms with E-state index < -0.39 is 12.0 Å². The third-order valence-electron chi connectivity index (χ3n) is 3.13. The highest BCUT2D eigenvalue weighted by atomic mass is 16.4. The maximum atomic E-state index is 12.3. The third kappa shape index (κ3) is 4.63. The molecule has 0 spiro atoms. The molecule has 2 amide bonds. The lowest BCUT2D eigenvalue weighted by Crippen LogP contribution is -2.38. The number of benzene rings is 2. The molecule has 114 valence electrons. The number of nitrogens with one attached hydrogen (secondary N) is 1. The molecule has 5 nitrogen and oxygen atoms in total. The summed E-state index contributed by atoms with van der Waals surface area (Å²) in [5.74, 6) is -1.05. The van der Waals surface area contributed by atoms with Crippen LogP contribution in [0.4, 0.5) is 10.5 Å². The molecule has 2 aromatic carbocycles. The van der Waals surface area contributed by atoms with Crippen LogP contribution in [0.3, 0.4) is 0 Å². The average molecular weight is 298 g/mol. The van der Waals surface area contributed by atoms with Gasteiger partial charge in [0, 0.05) is 12.2 Å². The number of hydrogen-bond acceptors (Lipinski definition) is 2. The Labute approximate surface area is 129 Å². The molecular weight excluding hydrogens is 280 g/mol. The Morgan fingerprint density at radius 3 is 2.27 bits per heavy atom. The Morgan fingerprint density at radius 1 is 1.05 bits per heavy atom. The van der Waals surface area contributed by atoms with Gasteiger partial charge >= 0.3 is 12.0 Å². The highest BCUT2D eigenvalue weighted by Gasteiger charge is 2.17. The van der Waals surface area contributed by atoms with Gasteiger partial charge < -0.3 is 15.3 Å². The van der Waals surface area contributed by atoms with Gasteiger partial charge in [0.2, 0.25) is 0 Å². The quantitative estimate of drug-likeness (QED) is 0.891. The van der Waals surface area contributed by atoms with Crippen LogP contribution in [0, 0.1) is 6.92 Å². The molecule has 0 fully saturated rings. The predicted octanol–water partition coefficient (Wildman–Crippen LogP) is 3.11. The zero-order valence-corrected chi connectivity index (χ0v) is 12.3. The van der Waals surface area contributed by atoms with E-state index in [1.807, 2.05) is 49.4 Å². The Balaban J connectivity index is 2.08. The number of amides is 2. The number of carboxylic acid groups (broad SMARTS) is 1. The molecule has 0 aliphatic carbocycles. The van der Waals surface area contributed by atoms with E-state index in [-0.39, 0.29) is 13.1 Å². The Kier molecular flexibility index (Phi) is 5.14. The Bertz CT molecular complexity index is 639. The second-order valence-corrected chi connectivity index (χ2v) is 5.03. The molecule has 5 heteroatoms. The van der Waals surface area contributed by atoms with E-state index in [4.69, 9.17) is 5.11 Å². The number of aliphatic carboxylic acids is 1. The molecular formula is C17H18N2O3. The lowest BCUT2D eigenvalue weighted by molar-refractivity contribution is -0.137. The fraction of sp³-hybridized carbons (Fsp3) is 0.176. The van der Waals surface area contributed by atoms with Crippen LogP contribution in [0.1, 0.15) is 11.1 Å². The van der Waals surface area contributed by atoms with Crippen LogP contribution in [0.2, 0.25) is 0 Å². The molecule has 2 aromatic rings. The number of urea groups is 1. The molecule has 0 aromatic heterocycles. The van der Waals surface area contributed by atoms with Crippen LogP contribution in [0.15, 0.2) is 54.6 Å². The summed E-state index contributed by atoms with van der Waals surface area (Å²) in [5.41, 5.74) is 2.60. The number of carboxylic acids is 1. The van der Waals surface area contributed by atoms with Gasteiger partial charge in [-0.3, -0.25) is 4.79 Å². The van der Waals surface area contributed by atoms with E-state index in [2.05, 4.69) is 5.32 Å². The SMILES string of the molecule is Cc1ccc(NC(=O)N(CC(=O)O)Cc2ccccc2)cc1. The highest BCUT2D eigenvalue weighted by Crippen LogP contribution is 2.11. The van der Waals surface area contributed by atoms with Crippen molar-refractivity contribution in [3.05, 3.63) is 65.7 Å². The van der Waals surface area contributed by atoms with Gasteiger partial charge in [-0.25, -0.2) is 4.79 Å². The van der Waals surface area contributed by atoms with Gasteiger partial charge in [0.25, 0.3) is 0 Å². The van der Waals surface area contributed by atoms with Crippen molar-refractivity contribution in [1.82, 2.24) is 4.90 Å². The second kappa shape index (κ2) is 7.26. The summed E-state index contributed by atoms with van der Waals surface area (Å²) >= 11 is 0. The van der Waals surface area contributed by atoms with E-state index in [0.29, 0.717) is 5.69 Å². The standard InChI is InChI=1S/C17H18N2O3/c1-13-7-9-15(10-8-13)18-17(22)19(12-16(20)21)11-14-5-3-2-4-6-14/h2-10H,11-12H2,1H3,(H,18,22)(H,20,21). The molecule has 22 heavy (non-hydrogen) atoms. The molecule has 0 aliphatic heterocycles. The number of aryl methyl sites for hydroxylation is 1. The van der Waals surface area contributed by atoms with Gasteiger partial charge in [0.15, 0.2) is 0 Å². The minimum absolute atomic E-state index is 0.241. The number of nitrogens with zero attached hydrogens (tertiary/aromatic N) is 1. The number of carbonyl (C=O) groups is 2. The third-order valence-corrected chi connectivity index (χ3v) is 3.13. The molecule has 0 bridgehead atoms. The molecule has 2 rings (SSSR count). The number of rotatable bonds is 5. The van der Waals surface area contributed by atoms with Crippen molar-refractivity contribution in [2.24, 2.45) is 0 Å². The van der Waals surface area contributed by atoms with E-state index in [0.717, 1.165) is 11.1 Å². The molecule has 2 N–H and O–H groups in total. The summed E-state index contributed by atoms with van der Waals surface area (Å²) < 4.78 is 0. The highest BCUT2D eigenvalue weighted by molar-refractivity contribution is 5.91. The minimum atomic E-state index is -1.05. The van der Waals surface area contributed by atoms with E-state index >= 15 is 0 Å². The van der Waals surface area contributed by atoms with Crippen LogP contribution in [-0.2, 0) is 11.3 Å². The van der Waals surface area contributed by atoms with Crippen molar-refractivity contribution in [1.29, 1.82) is 0 Å². The number of anilines is 1. The summed E-state index contributed by atoms with van der Waals surface area (Å²) in [5, 5.41) is 11.7. The van der Waals surface area contributed by atoms with Crippen molar-refractivity contribution in [2.45, 2.75) is 13.5 Å². The molecule has 0 aliphatic rings. The van der Waals surface area contributed by atoms with E-state index in [9.17, 15) is 9.59 Å². The summed E-state index contributed by atoms with van der Waals surface area (Å²) in [6, 6.07) is 16.2. The van der Waals surface area contributed by atoms with Crippen molar-refractivity contribution < 1.29 is 14.7 Å². The van der Waals surface area contributed by atoms with Crippen LogP contribution in [0.5, 0.6) is 0 Å². The van der Waals surface area contributed by atoms with Crippen molar-refractivity contribution in [3.8, 4) is 0 Å². The lowest BCUT2D eigenvalue weighted by atomic mass is 10.2. The van der Waals surface area contributed by atoms with E-state index in [1.165, 1.54) is 4.90 Å². The fourth-order valence-electron chi connectivity index (χ4n) is 2.01. The van der Waals surface area contributed by atoms with Crippen LogP contribution in [-0.4, -0.2) is 28.6 Å². The first-order valence-corrected chi connectivity index (χ1v) is 6.93. The van der Waals surface area contributed by atoms with Gasteiger partial charge in [-0.2, -0.15) is 0 Å². The zero-order chi connectivity index (χ0) is 15.9. The van der Waals surface area contributed by atoms with Gasteiger partial charge in [-0.05, 0) is 24.6 Å². The Hall–Kier alpha value is -2.82. The lowest BCUT2D eigenvalue weighted by Gasteiger charge is -2.21. The maximum absolute atomic E-state index is 12.3. The summed E-state index contributed by atoms with van der Waals surface area (Å²) in [7, 11) is 0. The first-order chi connectivity index (χ1) is 10.5. The fourth-order valence-corrected chi connectivity index (χ4v) is 2.01. The van der Waals surface area contributed by atoms with Crippen molar-refractivity contribution in [3.63, 3.8) is 0 Å². The largest absolute Gasteiger partial charge is 0.480 e. The normalized spacial score (nSPS) is 10.0. The summed E-state index contributed by atoms with van der Waals surface area (Å²) in [4.78, 5) is 24.5. The molecule has 0 atom stereocenters. The molecule has 0 saturated heterocycles. The van der Waals surface area contributed by atoms with Gasteiger partial charge in [-0.1, -0.05) is 48.0 Å². The number of carbonyl (C=O) groups excluding carboxylic acids is 1. The minimum Gasteiger partial charge on any atom is -0.480 e. The zero-order valence-electron chi connectivity index (χ0n) is 12.3. The van der Waals surface area contributed by atoms with E-state index in [1.54, 1.807) is 12.1 Å².